The van der Waals surface area contributed by atoms with Gasteiger partial charge in [0.15, 0.2) is 5.82 Å². The van der Waals surface area contributed by atoms with E-state index in [4.69, 9.17) is 0 Å². The van der Waals surface area contributed by atoms with Gasteiger partial charge in [-0.15, -0.1) is 0 Å². The van der Waals surface area contributed by atoms with E-state index in [1.807, 2.05) is 0 Å². The third-order valence-electron chi connectivity index (χ3n) is 2.39. The van der Waals surface area contributed by atoms with E-state index < -0.39 is 0 Å². The first-order chi connectivity index (χ1) is 6.79. The minimum Gasteiger partial charge on any atom is -0.341 e. The molecule has 1 aliphatic heterocycles. The number of hydrogen-bond donors (Lipinski definition) is 0. The predicted octanol–water partition coefficient (Wildman–Crippen LogP) is 1.84. The van der Waals surface area contributed by atoms with Crippen molar-refractivity contribution in [2.45, 2.75) is 6.42 Å². The Balaban J connectivity index is 2.06. The molecular weight excluding hydrogens is 249 g/mol. The monoisotopic (exact) mass is 259 g/mol. The molecule has 5 heteroatoms. The normalized spacial score (nSPS) is 21.6. The molecule has 1 saturated heterocycles. The zero-order chi connectivity index (χ0) is 9.97. The summed E-state index contributed by atoms with van der Waals surface area (Å²) >= 11 is 3.46. The Hall–Kier alpha value is -0.710. The van der Waals surface area contributed by atoms with E-state index in [1.54, 1.807) is 0 Å². The summed E-state index contributed by atoms with van der Waals surface area (Å²) < 4.78 is 12.6. The fraction of sp³-hybridized carbons (Fsp3) is 0.556. The van der Waals surface area contributed by atoms with Gasteiger partial charge in [0.2, 0.25) is 5.95 Å². The molecule has 0 amide bonds. The van der Waals surface area contributed by atoms with Gasteiger partial charge in [-0.2, -0.15) is 0 Å². The first kappa shape index (κ1) is 9.83. The van der Waals surface area contributed by atoms with Gasteiger partial charge in [0.05, 0.1) is 12.4 Å². The lowest BCUT2D eigenvalue weighted by atomic mass is 10.2. The van der Waals surface area contributed by atoms with Crippen molar-refractivity contribution in [1.82, 2.24) is 9.97 Å². The number of hydrogen-bond acceptors (Lipinski definition) is 3. The summed E-state index contributed by atoms with van der Waals surface area (Å²) in [6, 6.07) is 0. The first-order valence-corrected chi connectivity index (χ1v) is 5.70. The summed E-state index contributed by atoms with van der Waals surface area (Å²) in [5, 5.41) is 1.00. The van der Waals surface area contributed by atoms with Crippen LogP contribution < -0.4 is 4.90 Å². The van der Waals surface area contributed by atoms with Gasteiger partial charge in [0.25, 0.3) is 0 Å². The fourth-order valence-electron chi connectivity index (χ4n) is 1.61. The Morgan fingerprint density at radius 3 is 2.79 bits per heavy atom. The Morgan fingerprint density at radius 1 is 1.50 bits per heavy atom. The van der Waals surface area contributed by atoms with Crippen molar-refractivity contribution in [2.75, 3.05) is 23.3 Å². The molecule has 2 rings (SSSR count). The summed E-state index contributed by atoms with van der Waals surface area (Å²) in [5.41, 5.74) is 0. The van der Waals surface area contributed by atoms with Crippen LogP contribution in [0, 0.1) is 11.7 Å². The molecule has 3 nitrogen and oxygen atoms in total. The molecule has 0 radical (unpaired) electrons. The number of aromatic nitrogens is 2. The minimum absolute atomic E-state index is 0.384. The summed E-state index contributed by atoms with van der Waals surface area (Å²) in [4.78, 5) is 10.00. The Kier molecular flexibility index (Phi) is 2.96. The Bertz CT molecular complexity index is 303. The van der Waals surface area contributed by atoms with Gasteiger partial charge in [0.1, 0.15) is 0 Å². The summed E-state index contributed by atoms with van der Waals surface area (Å²) in [7, 11) is 0. The molecule has 1 fully saturated rings. The summed E-state index contributed by atoms with van der Waals surface area (Å²) in [5.74, 6) is 0.906. The van der Waals surface area contributed by atoms with Crippen LogP contribution in [0.1, 0.15) is 6.42 Å². The highest BCUT2D eigenvalue weighted by atomic mass is 79.9. The van der Waals surface area contributed by atoms with Crippen molar-refractivity contribution in [3.63, 3.8) is 0 Å². The zero-order valence-electron chi connectivity index (χ0n) is 7.66. The fourth-order valence-corrected chi connectivity index (χ4v) is 2.14. The second-order valence-electron chi connectivity index (χ2n) is 3.46. The van der Waals surface area contributed by atoms with Crippen LogP contribution in [0.4, 0.5) is 10.3 Å². The van der Waals surface area contributed by atoms with Gasteiger partial charge < -0.3 is 4.90 Å². The van der Waals surface area contributed by atoms with Gasteiger partial charge in [-0.25, -0.2) is 14.4 Å². The van der Waals surface area contributed by atoms with Crippen LogP contribution in [0.5, 0.6) is 0 Å². The van der Waals surface area contributed by atoms with E-state index in [-0.39, 0.29) is 5.82 Å². The van der Waals surface area contributed by atoms with E-state index in [1.165, 1.54) is 12.4 Å². The largest absolute Gasteiger partial charge is 0.341 e. The highest BCUT2D eigenvalue weighted by Crippen LogP contribution is 2.21. The van der Waals surface area contributed by atoms with Gasteiger partial charge >= 0.3 is 0 Å². The molecule has 1 unspecified atom stereocenters. The molecule has 1 aliphatic rings. The molecule has 76 valence electrons. The molecule has 0 aliphatic carbocycles. The zero-order valence-corrected chi connectivity index (χ0v) is 9.24. The lowest BCUT2D eigenvalue weighted by Crippen LogP contribution is -2.22. The molecule has 2 heterocycles. The molecule has 0 N–H and O–H groups in total. The molecule has 1 aromatic rings. The van der Waals surface area contributed by atoms with Crippen LogP contribution in [0.2, 0.25) is 0 Å². The number of nitrogens with zero attached hydrogens (tertiary/aromatic N) is 3. The Morgan fingerprint density at radius 2 is 2.21 bits per heavy atom. The van der Waals surface area contributed by atoms with E-state index in [0.29, 0.717) is 11.9 Å². The summed E-state index contributed by atoms with van der Waals surface area (Å²) in [6.45, 7) is 1.92. The maximum atomic E-state index is 12.6. The van der Waals surface area contributed by atoms with Crippen LogP contribution >= 0.6 is 15.9 Å². The third-order valence-corrected chi connectivity index (χ3v) is 3.31. The van der Waals surface area contributed by atoms with Crippen LogP contribution in [0.15, 0.2) is 12.4 Å². The summed E-state index contributed by atoms with van der Waals surface area (Å²) in [6.07, 6.45) is 3.57. The molecule has 0 saturated carbocycles. The smallest absolute Gasteiger partial charge is 0.225 e. The van der Waals surface area contributed by atoms with E-state index in [0.717, 1.165) is 24.8 Å². The SMILES string of the molecule is Fc1cnc(N2CCC(CBr)C2)nc1. The van der Waals surface area contributed by atoms with Crippen molar-refractivity contribution in [2.24, 2.45) is 5.92 Å². The second-order valence-corrected chi connectivity index (χ2v) is 4.10. The van der Waals surface area contributed by atoms with Crippen molar-refractivity contribution in [3.8, 4) is 0 Å². The van der Waals surface area contributed by atoms with Crippen LogP contribution in [-0.2, 0) is 0 Å². The molecule has 0 bridgehead atoms. The highest BCUT2D eigenvalue weighted by Gasteiger charge is 2.23. The van der Waals surface area contributed by atoms with Gasteiger partial charge in [0, 0.05) is 18.4 Å². The minimum atomic E-state index is -0.384. The highest BCUT2D eigenvalue weighted by molar-refractivity contribution is 9.09. The lowest BCUT2D eigenvalue weighted by molar-refractivity contribution is 0.611. The van der Waals surface area contributed by atoms with Gasteiger partial charge in [-0.3, -0.25) is 0 Å². The number of alkyl halides is 1. The van der Waals surface area contributed by atoms with Crippen LogP contribution in [-0.4, -0.2) is 28.4 Å². The maximum Gasteiger partial charge on any atom is 0.225 e. The average molecular weight is 260 g/mol. The molecule has 1 aromatic heterocycles. The van der Waals surface area contributed by atoms with E-state index in [9.17, 15) is 4.39 Å². The Labute approximate surface area is 90.5 Å². The molecular formula is C9H11BrFN3. The van der Waals surface area contributed by atoms with Crippen LogP contribution in [0.25, 0.3) is 0 Å². The molecule has 1 atom stereocenters. The lowest BCUT2D eigenvalue weighted by Gasteiger charge is -2.14. The van der Waals surface area contributed by atoms with Crippen molar-refractivity contribution >= 4 is 21.9 Å². The van der Waals surface area contributed by atoms with E-state index in [2.05, 4.69) is 30.8 Å². The third kappa shape index (κ3) is 2.03. The van der Waals surface area contributed by atoms with Gasteiger partial charge in [-0.05, 0) is 12.3 Å². The van der Waals surface area contributed by atoms with E-state index >= 15 is 0 Å². The molecule has 14 heavy (non-hydrogen) atoms. The molecule has 0 aromatic carbocycles. The molecule has 0 spiro atoms. The average Bonchev–Trinajstić information content (AvgIpc) is 2.67. The first-order valence-electron chi connectivity index (χ1n) is 4.58. The van der Waals surface area contributed by atoms with Crippen LogP contribution in [0.3, 0.4) is 0 Å². The van der Waals surface area contributed by atoms with Crippen molar-refractivity contribution in [1.29, 1.82) is 0 Å². The quantitative estimate of drug-likeness (QED) is 0.760. The predicted molar refractivity (Wildman–Crippen MR) is 56.1 cm³/mol. The maximum absolute atomic E-state index is 12.6. The second kappa shape index (κ2) is 4.21. The standard InChI is InChI=1S/C9H11BrFN3/c10-3-7-1-2-14(6-7)9-12-4-8(11)5-13-9/h4-5,7H,1-3,6H2. The number of anilines is 1. The van der Waals surface area contributed by atoms with Gasteiger partial charge in [-0.1, -0.05) is 15.9 Å². The number of rotatable bonds is 2. The van der Waals surface area contributed by atoms with Crippen molar-refractivity contribution in [3.05, 3.63) is 18.2 Å². The van der Waals surface area contributed by atoms with Crippen molar-refractivity contribution < 1.29 is 4.39 Å². The topological polar surface area (TPSA) is 29.0 Å². The number of halogens is 2.